The topological polar surface area (TPSA) is 36.3 Å². The minimum atomic E-state index is -0.443. The van der Waals surface area contributed by atoms with E-state index in [4.69, 9.17) is 9.47 Å². The van der Waals surface area contributed by atoms with Gasteiger partial charge in [0.15, 0.2) is 0 Å². The van der Waals surface area contributed by atoms with Gasteiger partial charge in [-0.1, -0.05) is 35.9 Å². The van der Waals surface area contributed by atoms with E-state index in [0.717, 1.165) is 24.3 Å². The molecule has 0 radical (unpaired) electrons. The van der Waals surface area contributed by atoms with Gasteiger partial charge in [0, 0.05) is 25.4 Å². The molecule has 0 saturated carbocycles. The van der Waals surface area contributed by atoms with Gasteiger partial charge >= 0.3 is 0 Å². The molecule has 0 bridgehead atoms. The Morgan fingerprint density at radius 1 is 1.20 bits per heavy atom. The van der Waals surface area contributed by atoms with Gasteiger partial charge < -0.3 is 9.47 Å². The van der Waals surface area contributed by atoms with Gasteiger partial charge in [0.05, 0.1) is 13.7 Å². The Kier molecular flexibility index (Phi) is 4.06. The van der Waals surface area contributed by atoms with Crippen LogP contribution in [0.2, 0.25) is 0 Å². The number of ether oxygens (including phenoxy) is 2. The number of methoxy groups -OCH3 is 1. The zero-order chi connectivity index (χ0) is 17.3. The minimum Gasteiger partial charge on any atom is -0.497 e. The Hall–Kier alpha value is -2.59. The molecule has 0 saturated heterocycles. The van der Waals surface area contributed by atoms with Crippen LogP contribution in [-0.4, -0.2) is 16.9 Å². The summed E-state index contributed by atoms with van der Waals surface area (Å²) in [4.78, 5) is 0. The van der Waals surface area contributed by atoms with E-state index in [-0.39, 0.29) is 0 Å². The quantitative estimate of drug-likeness (QED) is 0.706. The van der Waals surface area contributed by atoms with Crippen molar-refractivity contribution >= 4 is 0 Å². The highest BCUT2D eigenvalue weighted by Gasteiger charge is 2.41. The van der Waals surface area contributed by atoms with Crippen molar-refractivity contribution in [3.8, 4) is 5.75 Å². The summed E-state index contributed by atoms with van der Waals surface area (Å²) in [6.07, 6.45) is 4.64. The van der Waals surface area contributed by atoms with E-state index in [1.54, 1.807) is 7.11 Å². The third kappa shape index (κ3) is 2.83. The first-order valence-electron chi connectivity index (χ1n) is 8.57. The maximum absolute atomic E-state index is 6.44. The van der Waals surface area contributed by atoms with Crippen LogP contribution in [0.15, 0.2) is 60.9 Å². The Morgan fingerprint density at radius 3 is 2.76 bits per heavy atom. The zero-order valence-corrected chi connectivity index (χ0v) is 14.6. The van der Waals surface area contributed by atoms with E-state index in [1.807, 2.05) is 35.3 Å². The molecule has 2 heterocycles. The number of fused-ring (bicyclic) bond motifs is 1. The van der Waals surface area contributed by atoms with Crippen molar-refractivity contribution in [2.45, 2.75) is 32.1 Å². The summed E-state index contributed by atoms with van der Waals surface area (Å²) in [7, 11) is 1.69. The van der Waals surface area contributed by atoms with Crippen LogP contribution in [0.1, 0.15) is 28.7 Å². The first-order chi connectivity index (χ1) is 12.2. The molecule has 0 spiro atoms. The second kappa shape index (κ2) is 6.37. The SMILES string of the molecule is COc1ccc(C2(CCn3cccn3)OCc3cc(C)ccc32)cc1. The molecule has 1 unspecified atom stereocenters. The highest BCUT2D eigenvalue weighted by molar-refractivity contribution is 5.46. The standard InChI is InChI=1S/C21H22N2O2/c1-16-4-9-20-17(14-16)15-25-21(20,10-13-23-12-3-11-22-23)18-5-7-19(24-2)8-6-18/h3-9,11-12,14H,10,13,15H2,1-2H3. The monoisotopic (exact) mass is 334 g/mol. The highest BCUT2D eigenvalue weighted by atomic mass is 16.5. The number of rotatable bonds is 5. The van der Waals surface area contributed by atoms with Gasteiger partial charge in [0.1, 0.15) is 11.4 Å². The number of hydrogen-bond donors (Lipinski definition) is 0. The maximum atomic E-state index is 6.44. The van der Waals surface area contributed by atoms with Crippen molar-refractivity contribution in [1.29, 1.82) is 0 Å². The number of aromatic nitrogens is 2. The fourth-order valence-corrected chi connectivity index (χ4v) is 3.67. The summed E-state index contributed by atoms with van der Waals surface area (Å²) in [5.74, 6) is 0.855. The number of hydrogen-bond acceptors (Lipinski definition) is 3. The summed E-state index contributed by atoms with van der Waals surface area (Å²) >= 11 is 0. The summed E-state index contributed by atoms with van der Waals surface area (Å²) in [6.45, 7) is 3.56. The molecule has 2 aromatic carbocycles. The van der Waals surface area contributed by atoms with Gasteiger partial charge in [-0.05, 0) is 41.8 Å². The molecular weight excluding hydrogens is 312 g/mol. The molecule has 4 rings (SSSR count). The van der Waals surface area contributed by atoms with Crippen LogP contribution in [-0.2, 0) is 23.5 Å². The Morgan fingerprint density at radius 2 is 2.04 bits per heavy atom. The molecule has 3 aromatic rings. The third-order valence-electron chi connectivity index (χ3n) is 4.98. The zero-order valence-electron chi connectivity index (χ0n) is 14.6. The van der Waals surface area contributed by atoms with Crippen molar-refractivity contribution in [3.63, 3.8) is 0 Å². The van der Waals surface area contributed by atoms with Gasteiger partial charge in [0.2, 0.25) is 0 Å². The average molecular weight is 334 g/mol. The minimum absolute atomic E-state index is 0.443. The van der Waals surface area contributed by atoms with Crippen LogP contribution < -0.4 is 4.74 Å². The van der Waals surface area contributed by atoms with Gasteiger partial charge in [-0.15, -0.1) is 0 Å². The second-order valence-electron chi connectivity index (χ2n) is 6.52. The Labute approximate surface area is 148 Å². The lowest BCUT2D eigenvalue weighted by atomic mass is 9.82. The lowest BCUT2D eigenvalue weighted by Gasteiger charge is -2.30. The molecule has 1 aliphatic rings. The first kappa shape index (κ1) is 15.9. The van der Waals surface area contributed by atoms with Crippen LogP contribution in [0.5, 0.6) is 5.75 Å². The molecule has 1 atom stereocenters. The Balaban J connectivity index is 1.76. The maximum Gasteiger partial charge on any atom is 0.121 e. The molecule has 25 heavy (non-hydrogen) atoms. The van der Waals surface area contributed by atoms with Crippen LogP contribution >= 0.6 is 0 Å². The molecule has 0 aliphatic carbocycles. The molecule has 4 nitrogen and oxygen atoms in total. The van der Waals surface area contributed by atoms with Gasteiger partial charge in [-0.25, -0.2) is 0 Å². The fourth-order valence-electron chi connectivity index (χ4n) is 3.67. The predicted octanol–water partition coefficient (Wildman–Crippen LogP) is 4.06. The van der Waals surface area contributed by atoms with E-state index in [9.17, 15) is 0 Å². The van der Waals surface area contributed by atoms with Crippen LogP contribution in [0.3, 0.4) is 0 Å². The van der Waals surface area contributed by atoms with Crippen molar-refractivity contribution in [3.05, 3.63) is 83.2 Å². The Bertz CT molecular complexity index is 856. The first-order valence-corrected chi connectivity index (χ1v) is 8.57. The van der Waals surface area contributed by atoms with Gasteiger partial charge in [-0.3, -0.25) is 4.68 Å². The van der Waals surface area contributed by atoms with Crippen LogP contribution in [0, 0.1) is 6.92 Å². The van der Waals surface area contributed by atoms with Crippen molar-refractivity contribution < 1.29 is 9.47 Å². The van der Waals surface area contributed by atoms with Gasteiger partial charge in [0.25, 0.3) is 0 Å². The van der Waals surface area contributed by atoms with Crippen molar-refractivity contribution in [2.24, 2.45) is 0 Å². The number of aryl methyl sites for hydroxylation is 2. The summed E-state index contributed by atoms with van der Waals surface area (Å²) in [5, 5.41) is 4.34. The van der Waals surface area contributed by atoms with E-state index in [0.29, 0.717) is 6.61 Å². The van der Waals surface area contributed by atoms with Crippen LogP contribution in [0.4, 0.5) is 0 Å². The molecule has 1 aliphatic heterocycles. The summed E-state index contributed by atoms with van der Waals surface area (Å²) < 4.78 is 13.7. The summed E-state index contributed by atoms with van der Waals surface area (Å²) in [6, 6.07) is 16.8. The summed E-state index contributed by atoms with van der Waals surface area (Å²) in [5.41, 5.74) is 4.51. The third-order valence-corrected chi connectivity index (χ3v) is 4.98. The number of benzene rings is 2. The largest absolute Gasteiger partial charge is 0.497 e. The van der Waals surface area contributed by atoms with E-state index >= 15 is 0 Å². The lowest BCUT2D eigenvalue weighted by Crippen LogP contribution is -2.29. The van der Waals surface area contributed by atoms with Crippen molar-refractivity contribution in [1.82, 2.24) is 9.78 Å². The molecule has 0 N–H and O–H groups in total. The molecule has 0 amide bonds. The second-order valence-corrected chi connectivity index (χ2v) is 6.52. The number of nitrogens with zero attached hydrogens (tertiary/aromatic N) is 2. The fraction of sp³-hybridized carbons (Fsp3) is 0.286. The molecule has 1 aromatic heterocycles. The molecule has 128 valence electrons. The highest BCUT2D eigenvalue weighted by Crippen LogP contribution is 2.45. The van der Waals surface area contributed by atoms with Gasteiger partial charge in [-0.2, -0.15) is 5.10 Å². The van der Waals surface area contributed by atoms with Crippen molar-refractivity contribution in [2.75, 3.05) is 7.11 Å². The predicted molar refractivity (Wildman–Crippen MR) is 96.6 cm³/mol. The average Bonchev–Trinajstić information content (AvgIpc) is 3.28. The normalized spacial score (nSPS) is 19.0. The molecular formula is C21H22N2O2. The molecule has 4 heteroatoms. The van der Waals surface area contributed by atoms with E-state index < -0.39 is 5.60 Å². The molecule has 0 fully saturated rings. The van der Waals surface area contributed by atoms with E-state index in [1.165, 1.54) is 16.7 Å². The van der Waals surface area contributed by atoms with Crippen LogP contribution in [0.25, 0.3) is 0 Å². The van der Waals surface area contributed by atoms with E-state index in [2.05, 4.69) is 42.4 Å². The lowest BCUT2D eigenvalue weighted by molar-refractivity contribution is -0.0152. The smallest absolute Gasteiger partial charge is 0.121 e.